The normalized spacial score (nSPS) is 17.7. The van der Waals surface area contributed by atoms with Crippen molar-refractivity contribution in [1.29, 1.82) is 0 Å². The largest absolute Gasteiger partial charge is 0.497 e. The predicted octanol–water partition coefficient (Wildman–Crippen LogP) is 3.45. The fraction of sp³-hybridized carbons (Fsp3) is 0.360. The fourth-order valence-corrected chi connectivity index (χ4v) is 4.16. The van der Waals surface area contributed by atoms with Crippen LogP contribution in [0.25, 0.3) is 0 Å². The highest BCUT2D eigenvalue weighted by Crippen LogP contribution is 2.34. The molecule has 1 saturated carbocycles. The number of rotatable bonds is 9. The minimum atomic E-state index is -0.917. The van der Waals surface area contributed by atoms with Crippen LogP contribution in [0.3, 0.4) is 0 Å². The minimum absolute atomic E-state index is 0.0139. The lowest BCUT2D eigenvalue weighted by atomic mass is 9.75. The fourth-order valence-electron chi connectivity index (χ4n) is 4.16. The van der Waals surface area contributed by atoms with Gasteiger partial charge in [-0.05, 0) is 47.9 Å². The standard InChI is InChI=1S/C25H27FN2O4/c1-31-22-9-7-18(8-10-22)14-28-24(29)23(26)15-27(25(28)30)13-20-11-21(12-20)17-32-16-19-5-3-2-4-6-19/h2-10,15,20-21H,11-14,16-17H2,1H3/t20-,21+. The van der Waals surface area contributed by atoms with Crippen molar-refractivity contribution < 1.29 is 13.9 Å². The van der Waals surface area contributed by atoms with Crippen LogP contribution >= 0.6 is 0 Å². The molecule has 0 aliphatic heterocycles. The number of hydrogen-bond donors (Lipinski definition) is 0. The summed E-state index contributed by atoms with van der Waals surface area (Å²) in [6, 6.07) is 17.0. The van der Waals surface area contributed by atoms with Crippen LogP contribution in [-0.2, 0) is 24.4 Å². The van der Waals surface area contributed by atoms with E-state index in [1.54, 1.807) is 31.4 Å². The van der Waals surface area contributed by atoms with Crippen molar-refractivity contribution in [2.75, 3.05) is 13.7 Å². The third kappa shape index (κ3) is 5.16. The molecule has 7 heteroatoms. The van der Waals surface area contributed by atoms with Gasteiger partial charge in [0.05, 0.1) is 26.5 Å². The van der Waals surface area contributed by atoms with E-state index < -0.39 is 17.1 Å². The van der Waals surface area contributed by atoms with Gasteiger partial charge in [-0.15, -0.1) is 0 Å². The minimum Gasteiger partial charge on any atom is -0.497 e. The summed E-state index contributed by atoms with van der Waals surface area (Å²) in [4.78, 5) is 25.1. The highest BCUT2D eigenvalue weighted by molar-refractivity contribution is 5.27. The van der Waals surface area contributed by atoms with Crippen LogP contribution in [0.2, 0.25) is 0 Å². The summed E-state index contributed by atoms with van der Waals surface area (Å²) in [5.74, 6) is 0.462. The van der Waals surface area contributed by atoms with Gasteiger partial charge in [-0.2, -0.15) is 4.39 Å². The van der Waals surface area contributed by atoms with E-state index in [0.717, 1.165) is 34.7 Å². The lowest BCUT2D eigenvalue weighted by Crippen LogP contribution is -2.43. The van der Waals surface area contributed by atoms with E-state index in [9.17, 15) is 14.0 Å². The number of nitrogens with zero attached hydrogens (tertiary/aromatic N) is 2. The highest BCUT2D eigenvalue weighted by Gasteiger charge is 2.30. The second kappa shape index (κ2) is 9.96. The van der Waals surface area contributed by atoms with Gasteiger partial charge in [-0.3, -0.25) is 13.9 Å². The van der Waals surface area contributed by atoms with E-state index in [1.807, 2.05) is 30.3 Å². The van der Waals surface area contributed by atoms with Gasteiger partial charge in [0.1, 0.15) is 5.75 Å². The van der Waals surface area contributed by atoms with Gasteiger partial charge in [0, 0.05) is 13.2 Å². The Hall–Kier alpha value is -3.19. The molecule has 1 aromatic heterocycles. The first-order valence-corrected chi connectivity index (χ1v) is 10.8. The first-order valence-electron chi connectivity index (χ1n) is 10.8. The predicted molar refractivity (Wildman–Crippen MR) is 119 cm³/mol. The Morgan fingerprint density at radius 3 is 2.38 bits per heavy atom. The van der Waals surface area contributed by atoms with Crippen LogP contribution in [0.4, 0.5) is 4.39 Å². The van der Waals surface area contributed by atoms with Gasteiger partial charge in [0.25, 0.3) is 5.56 Å². The molecule has 6 nitrogen and oxygen atoms in total. The zero-order chi connectivity index (χ0) is 22.5. The summed E-state index contributed by atoms with van der Waals surface area (Å²) >= 11 is 0. The lowest BCUT2D eigenvalue weighted by molar-refractivity contribution is 0.0296. The van der Waals surface area contributed by atoms with E-state index in [0.29, 0.717) is 31.4 Å². The summed E-state index contributed by atoms with van der Waals surface area (Å²) in [5, 5.41) is 0. The molecule has 0 bridgehead atoms. The van der Waals surface area contributed by atoms with Gasteiger partial charge < -0.3 is 9.47 Å². The summed E-state index contributed by atoms with van der Waals surface area (Å²) in [6.45, 7) is 1.67. The molecule has 0 N–H and O–H groups in total. The Kier molecular flexibility index (Phi) is 6.85. The van der Waals surface area contributed by atoms with Gasteiger partial charge in [-0.1, -0.05) is 42.5 Å². The molecule has 3 aromatic rings. The van der Waals surface area contributed by atoms with Crippen LogP contribution in [-0.4, -0.2) is 22.9 Å². The molecule has 0 atom stereocenters. The zero-order valence-corrected chi connectivity index (χ0v) is 18.1. The van der Waals surface area contributed by atoms with Crippen LogP contribution in [0.5, 0.6) is 5.75 Å². The molecule has 2 aromatic carbocycles. The van der Waals surface area contributed by atoms with Crippen molar-refractivity contribution in [3.05, 3.63) is 98.6 Å². The summed E-state index contributed by atoms with van der Waals surface area (Å²) in [5.41, 5.74) is 0.477. The molecule has 0 unspecified atom stereocenters. The van der Waals surface area contributed by atoms with Crippen LogP contribution in [0.1, 0.15) is 24.0 Å². The Bertz CT molecular complexity index is 1150. The van der Waals surface area contributed by atoms with Gasteiger partial charge in [0.15, 0.2) is 0 Å². The third-order valence-corrected chi connectivity index (χ3v) is 5.95. The lowest BCUT2D eigenvalue weighted by Gasteiger charge is -2.35. The number of halogens is 1. The monoisotopic (exact) mass is 438 g/mol. The topological polar surface area (TPSA) is 62.5 Å². The molecule has 1 aliphatic carbocycles. The molecule has 1 heterocycles. The molecule has 0 spiro atoms. The number of aromatic nitrogens is 2. The molecule has 0 amide bonds. The maximum atomic E-state index is 14.3. The average Bonchev–Trinajstić information content (AvgIpc) is 2.79. The Morgan fingerprint density at radius 1 is 0.969 bits per heavy atom. The first kappa shape index (κ1) is 22.0. The molecular formula is C25H27FN2O4. The van der Waals surface area contributed by atoms with E-state index in [4.69, 9.17) is 9.47 Å². The van der Waals surface area contributed by atoms with E-state index in [1.165, 1.54) is 4.57 Å². The van der Waals surface area contributed by atoms with E-state index in [2.05, 4.69) is 0 Å². The quantitative estimate of drug-likeness (QED) is 0.513. The Labute approximate surface area is 185 Å². The van der Waals surface area contributed by atoms with Crippen molar-refractivity contribution in [3.63, 3.8) is 0 Å². The van der Waals surface area contributed by atoms with Crippen LogP contribution in [0, 0.1) is 17.7 Å². The van der Waals surface area contributed by atoms with Crippen LogP contribution < -0.4 is 16.0 Å². The molecule has 32 heavy (non-hydrogen) atoms. The molecule has 0 radical (unpaired) electrons. The SMILES string of the molecule is COc1ccc(Cn2c(=O)c(F)cn(C[C@H]3C[C@@H](COCc4ccccc4)C3)c2=O)cc1. The van der Waals surface area contributed by atoms with Gasteiger partial charge in [0.2, 0.25) is 5.82 Å². The number of hydrogen-bond acceptors (Lipinski definition) is 4. The average molecular weight is 438 g/mol. The third-order valence-electron chi connectivity index (χ3n) is 5.95. The Morgan fingerprint density at radius 2 is 1.69 bits per heavy atom. The van der Waals surface area contributed by atoms with Crippen LogP contribution in [0.15, 0.2) is 70.4 Å². The van der Waals surface area contributed by atoms with Crippen molar-refractivity contribution in [2.45, 2.75) is 32.5 Å². The van der Waals surface area contributed by atoms with Gasteiger partial charge >= 0.3 is 5.69 Å². The van der Waals surface area contributed by atoms with Crippen molar-refractivity contribution in [1.82, 2.24) is 9.13 Å². The smallest absolute Gasteiger partial charge is 0.331 e. The second-order valence-electron chi connectivity index (χ2n) is 8.36. The molecular weight excluding hydrogens is 411 g/mol. The maximum Gasteiger partial charge on any atom is 0.331 e. The Balaban J connectivity index is 1.35. The number of methoxy groups -OCH3 is 1. The van der Waals surface area contributed by atoms with Gasteiger partial charge in [-0.25, -0.2) is 4.79 Å². The van der Waals surface area contributed by atoms with Crippen molar-refractivity contribution in [2.24, 2.45) is 11.8 Å². The summed E-state index contributed by atoms with van der Waals surface area (Å²) in [6.07, 6.45) is 2.87. The zero-order valence-electron chi connectivity index (χ0n) is 18.1. The second-order valence-corrected chi connectivity index (χ2v) is 8.36. The molecule has 4 rings (SSSR count). The molecule has 1 aliphatic rings. The first-order chi connectivity index (χ1) is 15.5. The highest BCUT2D eigenvalue weighted by atomic mass is 19.1. The van der Waals surface area contributed by atoms with E-state index >= 15 is 0 Å². The summed E-state index contributed by atoms with van der Waals surface area (Å²) < 4.78 is 27.5. The van der Waals surface area contributed by atoms with Crippen molar-refractivity contribution >= 4 is 0 Å². The number of ether oxygens (including phenoxy) is 2. The molecule has 0 saturated heterocycles. The molecule has 168 valence electrons. The maximum absolute atomic E-state index is 14.3. The number of benzene rings is 2. The van der Waals surface area contributed by atoms with E-state index in [-0.39, 0.29) is 12.5 Å². The molecule has 1 fully saturated rings. The van der Waals surface area contributed by atoms with Crippen molar-refractivity contribution in [3.8, 4) is 5.75 Å². The summed E-state index contributed by atoms with van der Waals surface area (Å²) in [7, 11) is 1.56.